The van der Waals surface area contributed by atoms with Crippen molar-refractivity contribution in [1.82, 2.24) is 9.80 Å². The Morgan fingerprint density at radius 2 is 1.84 bits per heavy atom. The van der Waals surface area contributed by atoms with Crippen LogP contribution in [-0.2, 0) is 11.2 Å². The highest BCUT2D eigenvalue weighted by Crippen LogP contribution is 2.34. The maximum Gasteiger partial charge on any atom is 0.225 e. The highest BCUT2D eigenvalue weighted by molar-refractivity contribution is 5.80. The van der Waals surface area contributed by atoms with E-state index in [9.17, 15) is 9.18 Å². The number of carbonyl (C=O) groups is 1. The average Bonchev–Trinajstić information content (AvgIpc) is 2.89. The van der Waals surface area contributed by atoms with Crippen LogP contribution in [0.1, 0.15) is 44.1 Å². The first kappa shape index (κ1) is 17.0. The molecule has 2 saturated heterocycles. The van der Waals surface area contributed by atoms with Gasteiger partial charge in [0.25, 0.3) is 0 Å². The summed E-state index contributed by atoms with van der Waals surface area (Å²) in [6.07, 6.45) is 8.16. The summed E-state index contributed by atoms with van der Waals surface area (Å²) >= 11 is 0. The predicted molar refractivity (Wildman–Crippen MR) is 96.7 cm³/mol. The summed E-state index contributed by atoms with van der Waals surface area (Å²) in [6, 6.07) is 7.41. The van der Waals surface area contributed by atoms with Crippen LogP contribution in [0.15, 0.2) is 24.3 Å². The summed E-state index contributed by atoms with van der Waals surface area (Å²) in [5, 5.41) is 0. The van der Waals surface area contributed by atoms with E-state index in [0.717, 1.165) is 45.4 Å². The molecule has 0 aromatic heterocycles. The van der Waals surface area contributed by atoms with Crippen molar-refractivity contribution in [3.8, 4) is 0 Å². The number of amides is 1. The molecule has 2 aliphatic heterocycles. The van der Waals surface area contributed by atoms with Crippen molar-refractivity contribution in [2.24, 2.45) is 11.8 Å². The number of nitrogens with zero attached hydrogens (tertiary/aromatic N) is 2. The van der Waals surface area contributed by atoms with Crippen molar-refractivity contribution in [3.63, 3.8) is 0 Å². The first-order chi connectivity index (χ1) is 12.2. The molecule has 25 heavy (non-hydrogen) atoms. The Morgan fingerprint density at radius 3 is 2.56 bits per heavy atom. The van der Waals surface area contributed by atoms with Gasteiger partial charge in [-0.1, -0.05) is 25.0 Å². The quantitative estimate of drug-likeness (QED) is 0.835. The van der Waals surface area contributed by atoms with Gasteiger partial charge >= 0.3 is 0 Å². The molecular weight excluding hydrogens is 315 g/mol. The maximum atomic E-state index is 13.1. The van der Waals surface area contributed by atoms with Crippen molar-refractivity contribution in [1.29, 1.82) is 0 Å². The van der Waals surface area contributed by atoms with Crippen LogP contribution in [0.25, 0.3) is 0 Å². The monoisotopic (exact) mass is 344 g/mol. The Hall–Kier alpha value is -1.42. The Kier molecular flexibility index (Phi) is 5.07. The van der Waals surface area contributed by atoms with Gasteiger partial charge in [0.1, 0.15) is 5.82 Å². The van der Waals surface area contributed by atoms with Gasteiger partial charge < -0.3 is 4.90 Å². The molecule has 3 nitrogen and oxygen atoms in total. The van der Waals surface area contributed by atoms with Gasteiger partial charge in [-0.15, -0.1) is 0 Å². The summed E-state index contributed by atoms with van der Waals surface area (Å²) in [6.45, 7) is 4.03. The summed E-state index contributed by atoms with van der Waals surface area (Å²) in [7, 11) is 0. The number of fused-ring (bicyclic) bond motifs is 1. The Bertz CT molecular complexity index is 598. The Balaban J connectivity index is 1.39. The average molecular weight is 344 g/mol. The van der Waals surface area contributed by atoms with Gasteiger partial charge in [0.2, 0.25) is 5.91 Å². The first-order valence-electron chi connectivity index (χ1n) is 9.98. The second kappa shape index (κ2) is 7.45. The number of rotatable bonds is 4. The van der Waals surface area contributed by atoms with Crippen molar-refractivity contribution < 1.29 is 9.18 Å². The molecule has 1 saturated carbocycles. The lowest BCUT2D eigenvalue weighted by atomic mass is 9.84. The molecule has 2 heterocycles. The van der Waals surface area contributed by atoms with Crippen LogP contribution in [0.4, 0.5) is 4.39 Å². The minimum Gasteiger partial charge on any atom is -0.341 e. The molecule has 0 unspecified atom stereocenters. The van der Waals surface area contributed by atoms with Crippen molar-refractivity contribution in [2.75, 3.05) is 26.2 Å². The van der Waals surface area contributed by atoms with E-state index in [1.165, 1.54) is 31.2 Å². The second-order valence-electron chi connectivity index (χ2n) is 8.11. The summed E-state index contributed by atoms with van der Waals surface area (Å²) in [5.41, 5.74) is 1.20. The molecule has 1 aromatic rings. The normalized spacial score (nSPS) is 27.6. The topological polar surface area (TPSA) is 23.6 Å². The minimum atomic E-state index is -0.167. The van der Waals surface area contributed by atoms with Gasteiger partial charge in [-0.2, -0.15) is 0 Å². The number of hydrogen-bond donors (Lipinski definition) is 0. The van der Waals surface area contributed by atoms with Crippen LogP contribution in [0, 0.1) is 17.7 Å². The lowest BCUT2D eigenvalue weighted by Crippen LogP contribution is -2.43. The Morgan fingerprint density at radius 1 is 1.04 bits per heavy atom. The molecule has 4 rings (SSSR count). The van der Waals surface area contributed by atoms with Crippen LogP contribution in [-0.4, -0.2) is 47.9 Å². The van der Waals surface area contributed by atoms with Gasteiger partial charge in [0.15, 0.2) is 0 Å². The lowest BCUT2D eigenvalue weighted by molar-refractivity contribution is -0.137. The number of halogens is 1. The van der Waals surface area contributed by atoms with E-state index in [1.807, 2.05) is 12.1 Å². The van der Waals surface area contributed by atoms with Gasteiger partial charge in [-0.3, -0.25) is 9.69 Å². The minimum absolute atomic E-state index is 0.167. The molecule has 0 bridgehead atoms. The van der Waals surface area contributed by atoms with Crippen LogP contribution < -0.4 is 0 Å². The molecule has 1 aliphatic carbocycles. The number of benzene rings is 1. The summed E-state index contributed by atoms with van der Waals surface area (Å²) in [4.78, 5) is 17.4. The van der Waals surface area contributed by atoms with Crippen LogP contribution in [0.3, 0.4) is 0 Å². The molecule has 3 fully saturated rings. The third-order valence-electron chi connectivity index (χ3n) is 6.51. The first-order valence-corrected chi connectivity index (χ1v) is 9.98. The van der Waals surface area contributed by atoms with Crippen molar-refractivity contribution in [3.05, 3.63) is 35.6 Å². The van der Waals surface area contributed by atoms with Crippen molar-refractivity contribution >= 4 is 5.91 Å². The fourth-order valence-electron chi connectivity index (χ4n) is 4.73. The number of carbonyl (C=O) groups excluding carboxylic acids is 1. The third-order valence-corrected chi connectivity index (χ3v) is 6.51. The molecule has 3 aliphatic rings. The molecule has 0 radical (unpaired) electrons. The highest BCUT2D eigenvalue weighted by atomic mass is 19.1. The maximum absolute atomic E-state index is 13.1. The van der Waals surface area contributed by atoms with Gasteiger partial charge in [-0.05, 0) is 62.3 Å². The highest BCUT2D eigenvalue weighted by Gasteiger charge is 2.41. The van der Waals surface area contributed by atoms with Gasteiger partial charge in [-0.25, -0.2) is 4.39 Å². The van der Waals surface area contributed by atoms with E-state index in [0.29, 0.717) is 23.8 Å². The largest absolute Gasteiger partial charge is 0.341 e. The van der Waals surface area contributed by atoms with Crippen LogP contribution in [0.5, 0.6) is 0 Å². The zero-order valence-corrected chi connectivity index (χ0v) is 15.0. The Labute approximate surface area is 150 Å². The van der Waals surface area contributed by atoms with E-state index in [-0.39, 0.29) is 5.82 Å². The smallest absolute Gasteiger partial charge is 0.225 e. The molecule has 0 spiro atoms. The molecule has 2 atom stereocenters. The van der Waals surface area contributed by atoms with E-state index < -0.39 is 0 Å². The molecule has 0 N–H and O–H groups in total. The van der Waals surface area contributed by atoms with Crippen LogP contribution in [0.2, 0.25) is 0 Å². The zero-order chi connectivity index (χ0) is 17.2. The fourth-order valence-corrected chi connectivity index (χ4v) is 4.73. The van der Waals surface area contributed by atoms with Crippen LogP contribution >= 0.6 is 0 Å². The van der Waals surface area contributed by atoms with E-state index in [2.05, 4.69) is 9.80 Å². The molecule has 1 amide bonds. The SMILES string of the molecule is O=C(C1CCC1)N1C[C@@H]2CCCCN(CCc3ccc(F)cc3)[C@@H]2C1. The molecular formula is C21H29FN2O. The fraction of sp³-hybridized carbons (Fsp3) is 0.667. The zero-order valence-electron chi connectivity index (χ0n) is 15.0. The summed E-state index contributed by atoms with van der Waals surface area (Å²) < 4.78 is 13.1. The van der Waals surface area contributed by atoms with E-state index in [1.54, 1.807) is 12.1 Å². The van der Waals surface area contributed by atoms with Gasteiger partial charge in [0, 0.05) is 31.6 Å². The third kappa shape index (κ3) is 3.74. The number of likely N-dealkylation sites (tertiary alicyclic amines) is 2. The standard InChI is InChI=1S/C21H29FN2O/c22-19-9-7-16(8-10-19)11-13-23-12-2-1-4-18-14-24(15-20(18)23)21(25)17-5-3-6-17/h7-10,17-18,20H,1-6,11-15H2/t18-,20+/m0/s1. The molecule has 136 valence electrons. The van der Waals surface area contributed by atoms with Gasteiger partial charge in [0.05, 0.1) is 0 Å². The summed E-state index contributed by atoms with van der Waals surface area (Å²) in [5.74, 6) is 1.20. The van der Waals surface area contributed by atoms with E-state index in [4.69, 9.17) is 0 Å². The predicted octanol–water partition coefficient (Wildman–Crippen LogP) is 3.48. The van der Waals surface area contributed by atoms with Crippen molar-refractivity contribution in [2.45, 2.75) is 51.0 Å². The molecule has 1 aromatic carbocycles. The second-order valence-corrected chi connectivity index (χ2v) is 8.11. The number of hydrogen-bond acceptors (Lipinski definition) is 2. The lowest BCUT2D eigenvalue weighted by Gasteiger charge is -2.31. The molecule has 4 heteroatoms. The van der Waals surface area contributed by atoms with E-state index >= 15 is 0 Å².